The van der Waals surface area contributed by atoms with Crippen molar-refractivity contribution in [3.8, 4) is 0 Å². The molecule has 1 unspecified atom stereocenters. The Balaban J connectivity index is 1.73. The third-order valence-corrected chi connectivity index (χ3v) is 4.32. The molecule has 2 heterocycles. The number of hydrogen-bond acceptors (Lipinski definition) is 3. The van der Waals surface area contributed by atoms with Crippen molar-refractivity contribution < 1.29 is 9.32 Å². The molecule has 1 aliphatic rings. The SMILES string of the molecule is CCc1cc(C2CCCN2C(=O)Cc2cccc(Cl)c2)on1. The number of hydrogen-bond donors (Lipinski definition) is 0. The first-order valence-electron chi connectivity index (χ1n) is 7.66. The van der Waals surface area contributed by atoms with Crippen LogP contribution in [0.2, 0.25) is 5.02 Å². The Morgan fingerprint density at radius 3 is 3.05 bits per heavy atom. The van der Waals surface area contributed by atoms with Crippen LogP contribution in [0.4, 0.5) is 0 Å². The van der Waals surface area contributed by atoms with Crippen molar-refractivity contribution in [2.24, 2.45) is 0 Å². The van der Waals surface area contributed by atoms with Gasteiger partial charge < -0.3 is 9.42 Å². The van der Waals surface area contributed by atoms with E-state index in [2.05, 4.69) is 5.16 Å². The van der Waals surface area contributed by atoms with Gasteiger partial charge in [-0.3, -0.25) is 4.79 Å². The fourth-order valence-corrected chi connectivity index (χ4v) is 3.15. The van der Waals surface area contributed by atoms with Gasteiger partial charge in [0.15, 0.2) is 5.76 Å². The average Bonchev–Trinajstić information content (AvgIpc) is 3.16. The lowest BCUT2D eigenvalue weighted by Gasteiger charge is -2.22. The van der Waals surface area contributed by atoms with Crippen LogP contribution in [0.3, 0.4) is 0 Å². The van der Waals surface area contributed by atoms with Crippen molar-refractivity contribution in [2.75, 3.05) is 6.54 Å². The Bertz CT molecular complexity index is 668. The largest absolute Gasteiger partial charge is 0.359 e. The minimum atomic E-state index is 0.0134. The van der Waals surface area contributed by atoms with Crippen LogP contribution < -0.4 is 0 Å². The van der Waals surface area contributed by atoms with E-state index in [9.17, 15) is 4.79 Å². The number of aromatic nitrogens is 1. The molecule has 2 aromatic rings. The third-order valence-electron chi connectivity index (χ3n) is 4.09. The summed E-state index contributed by atoms with van der Waals surface area (Å²) in [6.07, 6.45) is 3.13. The second-order valence-corrected chi connectivity index (χ2v) is 6.06. The maximum Gasteiger partial charge on any atom is 0.227 e. The summed E-state index contributed by atoms with van der Waals surface area (Å²) >= 11 is 5.98. The smallest absolute Gasteiger partial charge is 0.227 e. The fraction of sp³-hybridized carbons (Fsp3) is 0.412. The highest BCUT2D eigenvalue weighted by atomic mass is 35.5. The number of carbonyl (C=O) groups is 1. The van der Waals surface area contributed by atoms with E-state index in [1.165, 1.54) is 0 Å². The van der Waals surface area contributed by atoms with Crippen LogP contribution >= 0.6 is 11.6 Å². The Labute approximate surface area is 135 Å². The number of amides is 1. The van der Waals surface area contributed by atoms with E-state index < -0.39 is 0 Å². The fourth-order valence-electron chi connectivity index (χ4n) is 2.94. The van der Waals surface area contributed by atoms with Gasteiger partial charge in [0.05, 0.1) is 18.2 Å². The minimum absolute atomic E-state index is 0.0134. The molecular formula is C17H19ClN2O2. The number of benzene rings is 1. The Morgan fingerprint density at radius 2 is 2.32 bits per heavy atom. The molecule has 0 spiro atoms. The molecule has 1 fully saturated rings. The standard InChI is InChI=1S/C17H19ClN2O2/c1-2-14-11-16(22-19-14)15-7-4-8-20(15)17(21)10-12-5-3-6-13(18)9-12/h3,5-6,9,11,15H,2,4,7-8,10H2,1H3. The second-order valence-electron chi connectivity index (χ2n) is 5.63. The monoisotopic (exact) mass is 318 g/mol. The molecule has 1 saturated heterocycles. The van der Waals surface area contributed by atoms with E-state index in [4.69, 9.17) is 16.1 Å². The summed E-state index contributed by atoms with van der Waals surface area (Å²) in [4.78, 5) is 14.5. The highest BCUT2D eigenvalue weighted by Gasteiger charge is 2.32. The van der Waals surface area contributed by atoms with Gasteiger partial charge in [-0.15, -0.1) is 0 Å². The average molecular weight is 319 g/mol. The van der Waals surface area contributed by atoms with Gasteiger partial charge in [0.25, 0.3) is 0 Å². The van der Waals surface area contributed by atoms with Crippen LogP contribution in [0.25, 0.3) is 0 Å². The Morgan fingerprint density at radius 1 is 1.45 bits per heavy atom. The van der Waals surface area contributed by atoms with Crippen LogP contribution in [0.5, 0.6) is 0 Å². The zero-order chi connectivity index (χ0) is 15.5. The van der Waals surface area contributed by atoms with Crippen LogP contribution in [-0.2, 0) is 17.6 Å². The van der Waals surface area contributed by atoms with Crippen molar-refractivity contribution in [1.82, 2.24) is 10.1 Å². The maximum atomic E-state index is 12.6. The first-order valence-corrected chi connectivity index (χ1v) is 8.04. The molecule has 1 aromatic carbocycles. The molecule has 0 saturated carbocycles. The molecular weight excluding hydrogens is 300 g/mol. The zero-order valence-electron chi connectivity index (χ0n) is 12.6. The molecule has 1 atom stereocenters. The molecule has 0 bridgehead atoms. The summed E-state index contributed by atoms with van der Waals surface area (Å²) in [6.45, 7) is 2.81. The van der Waals surface area contributed by atoms with E-state index in [1.54, 1.807) is 0 Å². The number of nitrogens with zero attached hydrogens (tertiary/aromatic N) is 2. The molecule has 22 heavy (non-hydrogen) atoms. The molecule has 4 nitrogen and oxygen atoms in total. The van der Waals surface area contributed by atoms with Crippen molar-refractivity contribution in [1.29, 1.82) is 0 Å². The lowest BCUT2D eigenvalue weighted by molar-refractivity contribution is -0.131. The van der Waals surface area contributed by atoms with Gasteiger partial charge >= 0.3 is 0 Å². The predicted octanol–water partition coefficient (Wildman–Crippen LogP) is 3.80. The zero-order valence-corrected chi connectivity index (χ0v) is 13.3. The van der Waals surface area contributed by atoms with Gasteiger partial charge in [-0.05, 0) is 37.0 Å². The molecule has 116 valence electrons. The van der Waals surface area contributed by atoms with Crippen molar-refractivity contribution in [2.45, 2.75) is 38.6 Å². The summed E-state index contributed by atoms with van der Waals surface area (Å²) in [5, 5.41) is 4.70. The van der Waals surface area contributed by atoms with E-state index in [-0.39, 0.29) is 11.9 Å². The van der Waals surface area contributed by atoms with E-state index in [0.717, 1.165) is 42.8 Å². The van der Waals surface area contributed by atoms with Gasteiger partial charge in [0.1, 0.15) is 0 Å². The van der Waals surface area contributed by atoms with Gasteiger partial charge in [-0.2, -0.15) is 0 Å². The number of rotatable bonds is 4. The minimum Gasteiger partial charge on any atom is -0.359 e. The van der Waals surface area contributed by atoms with Crippen molar-refractivity contribution in [3.05, 3.63) is 52.4 Å². The number of likely N-dealkylation sites (tertiary alicyclic amines) is 1. The summed E-state index contributed by atoms with van der Waals surface area (Å²) in [7, 11) is 0. The van der Waals surface area contributed by atoms with Gasteiger partial charge in [0, 0.05) is 17.6 Å². The summed E-state index contributed by atoms with van der Waals surface area (Å²) in [5.41, 5.74) is 1.87. The molecule has 3 rings (SSSR count). The number of carbonyl (C=O) groups excluding carboxylic acids is 1. The molecule has 1 aliphatic heterocycles. The molecule has 0 N–H and O–H groups in total. The Hall–Kier alpha value is -1.81. The van der Waals surface area contributed by atoms with Crippen LogP contribution in [0.15, 0.2) is 34.9 Å². The van der Waals surface area contributed by atoms with Crippen molar-refractivity contribution in [3.63, 3.8) is 0 Å². The molecule has 1 aromatic heterocycles. The lowest BCUT2D eigenvalue weighted by Crippen LogP contribution is -2.31. The summed E-state index contributed by atoms with van der Waals surface area (Å²) in [6, 6.07) is 9.44. The van der Waals surface area contributed by atoms with Gasteiger partial charge in [0.2, 0.25) is 5.91 Å². The van der Waals surface area contributed by atoms with Crippen molar-refractivity contribution >= 4 is 17.5 Å². The Kier molecular flexibility index (Phi) is 4.48. The topological polar surface area (TPSA) is 46.3 Å². The lowest BCUT2D eigenvalue weighted by atomic mass is 10.1. The van der Waals surface area contributed by atoms with Gasteiger partial charge in [-0.25, -0.2) is 0 Å². The number of aryl methyl sites for hydroxylation is 1. The summed E-state index contributed by atoms with van der Waals surface area (Å²) in [5.74, 6) is 0.910. The first kappa shape index (κ1) is 15.1. The predicted molar refractivity (Wildman–Crippen MR) is 84.7 cm³/mol. The second kappa shape index (κ2) is 6.53. The molecule has 0 aliphatic carbocycles. The highest BCUT2D eigenvalue weighted by Crippen LogP contribution is 2.33. The van der Waals surface area contributed by atoms with E-state index in [1.807, 2.05) is 42.2 Å². The normalized spacial score (nSPS) is 17.9. The number of halogens is 1. The summed E-state index contributed by atoms with van der Waals surface area (Å²) < 4.78 is 5.42. The highest BCUT2D eigenvalue weighted by molar-refractivity contribution is 6.30. The molecule has 1 amide bonds. The molecule has 0 radical (unpaired) electrons. The van der Waals surface area contributed by atoms with Crippen LogP contribution in [0, 0.1) is 0 Å². The van der Waals surface area contributed by atoms with E-state index >= 15 is 0 Å². The maximum absolute atomic E-state index is 12.6. The van der Waals surface area contributed by atoms with E-state index in [0.29, 0.717) is 11.4 Å². The van der Waals surface area contributed by atoms with Gasteiger partial charge in [-0.1, -0.05) is 35.8 Å². The first-order chi connectivity index (χ1) is 10.7. The van der Waals surface area contributed by atoms with Crippen LogP contribution in [0.1, 0.15) is 42.8 Å². The molecule has 5 heteroatoms. The quantitative estimate of drug-likeness (QED) is 0.861. The van der Waals surface area contributed by atoms with Crippen LogP contribution in [-0.4, -0.2) is 22.5 Å². The third kappa shape index (κ3) is 3.17.